The van der Waals surface area contributed by atoms with E-state index in [-0.39, 0.29) is 28.3 Å². The average Bonchev–Trinajstić information content (AvgIpc) is 3.15. The van der Waals surface area contributed by atoms with Gasteiger partial charge in [-0.3, -0.25) is 14.4 Å². The van der Waals surface area contributed by atoms with Crippen LogP contribution in [0.3, 0.4) is 0 Å². The summed E-state index contributed by atoms with van der Waals surface area (Å²) in [6, 6.07) is 10.1. The van der Waals surface area contributed by atoms with Crippen LogP contribution < -0.4 is 22.1 Å². The van der Waals surface area contributed by atoms with Crippen molar-refractivity contribution in [3.05, 3.63) is 59.4 Å². The Balaban J connectivity index is 1.60. The molecule has 3 rings (SSSR count). The van der Waals surface area contributed by atoms with Crippen molar-refractivity contribution in [1.29, 1.82) is 0 Å². The Kier molecular flexibility index (Phi) is 6.59. The number of primary amides is 2. The van der Waals surface area contributed by atoms with Crippen LogP contribution in [0.5, 0.6) is 0 Å². The first-order valence-electron chi connectivity index (χ1n) is 8.34. The molecule has 0 aliphatic heterocycles. The molecule has 6 N–H and O–H groups in total. The van der Waals surface area contributed by atoms with E-state index in [2.05, 4.69) is 20.8 Å². The van der Waals surface area contributed by atoms with Crippen LogP contribution in [-0.4, -0.2) is 33.7 Å². The van der Waals surface area contributed by atoms with E-state index in [1.807, 2.05) is 0 Å². The predicted octanol–water partition coefficient (Wildman–Crippen LogP) is 2.35. The highest BCUT2D eigenvalue weighted by molar-refractivity contribution is 8.01. The molecule has 2 aromatic carbocycles. The lowest BCUT2D eigenvalue weighted by Crippen LogP contribution is -2.18. The van der Waals surface area contributed by atoms with E-state index in [0.717, 1.165) is 23.1 Å². The second-order valence-electron chi connectivity index (χ2n) is 5.84. The Labute approximate surface area is 178 Å². The Bertz CT molecular complexity index is 1090. The third-order valence-corrected chi connectivity index (χ3v) is 5.61. The molecule has 0 radical (unpaired) electrons. The number of amides is 3. The van der Waals surface area contributed by atoms with Crippen LogP contribution in [0.2, 0.25) is 0 Å². The molecule has 0 aliphatic rings. The molecule has 3 aromatic rings. The summed E-state index contributed by atoms with van der Waals surface area (Å²) in [5, 5.41) is 13.6. The minimum atomic E-state index is -0.758. The monoisotopic (exact) mass is 446 g/mol. The van der Waals surface area contributed by atoms with E-state index in [1.54, 1.807) is 18.2 Å². The largest absolute Gasteiger partial charge is 0.366 e. The number of hydrogen-bond donors (Lipinski definition) is 4. The molecular weight excluding hydrogens is 431 g/mol. The number of aromatic nitrogens is 2. The van der Waals surface area contributed by atoms with Gasteiger partial charge in [-0.1, -0.05) is 35.2 Å². The van der Waals surface area contributed by atoms with Crippen molar-refractivity contribution >= 4 is 57.3 Å². The van der Waals surface area contributed by atoms with E-state index < -0.39 is 23.5 Å². The maximum Gasteiger partial charge on any atom is 0.248 e. The van der Waals surface area contributed by atoms with E-state index in [1.165, 1.54) is 24.3 Å². The van der Waals surface area contributed by atoms with Crippen molar-refractivity contribution in [2.45, 2.75) is 4.34 Å². The molecule has 154 valence electrons. The van der Waals surface area contributed by atoms with Crippen LogP contribution in [-0.2, 0) is 4.79 Å². The topological polar surface area (TPSA) is 153 Å². The van der Waals surface area contributed by atoms with Gasteiger partial charge in [0, 0.05) is 16.8 Å². The summed E-state index contributed by atoms with van der Waals surface area (Å²) in [7, 11) is 0. The van der Waals surface area contributed by atoms with Gasteiger partial charge >= 0.3 is 0 Å². The second-order valence-corrected chi connectivity index (χ2v) is 8.04. The van der Waals surface area contributed by atoms with Crippen LogP contribution in [0.25, 0.3) is 0 Å². The summed E-state index contributed by atoms with van der Waals surface area (Å²) in [5.41, 5.74) is 11.0. The molecule has 1 aromatic heterocycles. The molecule has 0 unspecified atom stereocenters. The first kappa shape index (κ1) is 21.2. The molecule has 0 spiro atoms. The number of hydrogen-bond acceptors (Lipinski definition) is 8. The summed E-state index contributed by atoms with van der Waals surface area (Å²) in [5.74, 6) is -2.36. The fraction of sp³-hybridized carbons (Fsp3) is 0.0556. The maximum absolute atomic E-state index is 13.7. The number of carbonyl (C=O) groups excluding carboxylic acids is 3. The van der Waals surface area contributed by atoms with Crippen molar-refractivity contribution < 1.29 is 18.8 Å². The molecule has 0 saturated carbocycles. The normalized spacial score (nSPS) is 10.4. The first-order valence-corrected chi connectivity index (χ1v) is 10.1. The molecule has 1 heterocycles. The molecule has 3 amide bonds. The van der Waals surface area contributed by atoms with Gasteiger partial charge in [0.15, 0.2) is 4.34 Å². The van der Waals surface area contributed by atoms with Gasteiger partial charge in [-0.2, -0.15) is 0 Å². The zero-order valence-corrected chi connectivity index (χ0v) is 16.8. The Hall–Kier alpha value is -3.51. The van der Waals surface area contributed by atoms with Gasteiger partial charge in [-0.05, 0) is 30.3 Å². The molecule has 0 fully saturated rings. The summed E-state index contributed by atoms with van der Waals surface area (Å²) < 4.78 is 14.2. The summed E-state index contributed by atoms with van der Waals surface area (Å²) in [4.78, 5) is 35.0. The zero-order chi connectivity index (χ0) is 21.7. The summed E-state index contributed by atoms with van der Waals surface area (Å²) >= 11 is 2.28. The lowest BCUT2D eigenvalue weighted by molar-refractivity contribution is -0.113. The number of halogens is 1. The van der Waals surface area contributed by atoms with Gasteiger partial charge in [0.1, 0.15) is 5.82 Å². The predicted molar refractivity (Wildman–Crippen MR) is 112 cm³/mol. The fourth-order valence-corrected chi connectivity index (χ4v) is 3.87. The van der Waals surface area contributed by atoms with Crippen molar-refractivity contribution in [3.8, 4) is 0 Å². The highest BCUT2D eigenvalue weighted by Crippen LogP contribution is 2.28. The number of thioether (sulfide) groups is 1. The van der Waals surface area contributed by atoms with Gasteiger partial charge in [0.05, 0.1) is 11.4 Å². The molecule has 0 atom stereocenters. The van der Waals surface area contributed by atoms with E-state index in [9.17, 15) is 18.8 Å². The third kappa shape index (κ3) is 5.52. The van der Waals surface area contributed by atoms with Crippen molar-refractivity contribution in [2.24, 2.45) is 11.5 Å². The Morgan fingerprint density at radius 1 is 1.03 bits per heavy atom. The first-order chi connectivity index (χ1) is 14.3. The molecule has 30 heavy (non-hydrogen) atoms. The van der Waals surface area contributed by atoms with E-state index in [4.69, 9.17) is 11.5 Å². The maximum atomic E-state index is 13.7. The van der Waals surface area contributed by atoms with Gasteiger partial charge in [0.25, 0.3) is 0 Å². The molecule has 0 aliphatic carbocycles. The molecule has 12 heteroatoms. The number of anilines is 3. The number of nitrogens with zero attached hydrogens (tertiary/aromatic N) is 2. The Morgan fingerprint density at radius 3 is 2.33 bits per heavy atom. The van der Waals surface area contributed by atoms with E-state index >= 15 is 0 Å². The average molecular weight is 446 g/mol. The number of rotatable bonds is 8. The second kappa shape index (κ2) is 9.33. The van der Waals surface area contributed by atoms with Crippen LogP contribution in [0.4, 0.5) is 20.9 Å². The number of nitrogens with two attached hydrogens (primary N) is 2. The fourth-order valence-electron chi connectivity index (χ4n) is 2.31. The van der Waals surface area contributed by atoms with Crippen molar-refractivity contribution in [3.63, 3.8) is 0 Å². The number of carbonyl (C=O) groups is 3. The number of nitrogens with one attached hydrogen (secondary N) is 2. The van der Waals surface area contributed by atoms with Crippen LogP contribution in [0.15, 0.2) is 46.8 Å². The molecule has 0 saturated heterocycles. The van der Waals surface area contributed by atoms with Gasteiger partial charge < -0.3 is 22.1 Å². The van der Waals surface area contributed by atoms with E-state index in [0.29, 0.717) is 9.47 Å². The van der Waals surface area contributed by atoms with Gasteiger partial charge in [-0.15, -0.1) is 10.2 Å². The highest BCUT2D eigenvalue weighted by atomic mass is 32.2. The minimum absolute atomic E-state index is 0.0129. The molecule has 0 bridgehead atoms. The smallest absolute Gasteiger partial charge is 0.248 e. The lowest BCUT2D eigenvalue weighted by Gasteiger charge is -2.08. The summed E-state index contributed by atoms with van der Waals surface area (Å²) in [6.07, 6.45) is 0. The zero-order valence-electron chi connectivity index (χ0n) is 15.2. The van der Waals surface area contributed by atoms with Gasteiger partial charge in [-0.25, -0.2) is 4.39 Å². The van der Waals surface area contributed by atoms with Crippen molar-refractivity contribution in [2.75, 3.05) is 16.4 Å². The quantitative estimate of drug-likeness (QED) is 0.387. The van der Waals surface area contributed by atoms with Crippen molar-refractivity contribution in [1.82, 2.24) is 10.2 Å². The Morgan fingerprint density at radius 2 is 1.70 bits per heavy atom. The van der Waals surface area contributed by atoms with Gasteiger partial charge in [0.2, 0.25) is 22.9 Å². The van der Waals surface area contributed by atoms with Crippen LogP contribution >= 0.6 is 23.1 Å². The van der Waals surface area contributed by atoms with Crippen LogP contribution in [0.1, 0.15) is 20.7 Å². The number of benzene rings is 2. The standard InChI is InChI=1S/C18H15FN6O3S2/c19-12-3-1-2-4-13(12)23-17-24-25-18(30-17)29-8-14(26)22-11-6-9(15(20)27)5-10(7-11)16(21)28/h1-7H,8H2,(H2,20,27)(H2,21,28)(H,22,26)(H,23,24). The molecular formula is C18H15FN6O3S2. The number of para-hydroxylation sites is 1. The lowest BCUT2D eigenvalue weighted by atomic mass is 10.1. The minimum Gasteiger partial charge on any atom is -0.366 e. The highest BCUT2D eigenvalue weighted by Gasteiger charge is 2.13. The SMILES string of the molecule is NC(=O)c1cc(NC(=O)CSc2nnc(Nc3ccccc3F)s2)cc(C(N)=O)c1. The molecule has 9 nitrogen and oxygen atoms in total. The summed E-state index contributed by atoms with van der Waals surface area (Å²) in [6.45, 7) is 0. The third-order valence-electron chi connectivity index (χ3n) is 3.63. The van der Waals surface area contributed by atoms with Crippen LogP contribution in [0, 0.1) is 5.82 Å².